The van der Waals surface area contributed by atoms with Crippen LogP contribution in [0.15, 0.2) is 87.1 Å². The second kappa shape index (κ2) is 14.9. The first-order chi connectivity index (χ1) is 15.2. The number of halogens is 5. The van der Waals surface area contributed by atoms with E-state index in [-0.39, 0.29) is 19.1 Å². The van der Waals surface area contributed by atoms with Gasteiger partial charge in [0.15, 0.2) is 0 Å². The maximum absolute atomic E-state index is 12.6. The summed E-state index contributed by atoms with van der Waals surface area (Å²) in [6.07, 6.45) is 6.50. The van der Waals surface area contributed by atoms with E-state index in [0.29, 0.717) is 10.1 Å². The fourth-order valence-electron chi connectivity index (χ4n) is 2.01. The lowest BCUT2D eigenvalue weighted by molar-refractivity contribution is 0.425. The van der Waals surface area contributed by atoms with E-state index in [1.807, 2.05) is 0 Å². The van der Waals surface area contributed by atoms with Crippen molar-refractivity contribution in [3.8, 4) is 11.3 Å². The smallest absolute Gasteiger partial charge is 0.423 e. The van der Waals surface area contributed by atoms with Crippen molar-refractivity contribution < 1.29 is 18.8 Å². The van der Waals surface area contributed by atoms with Gasteiger partial charge in [0.05, 0.1) is 30.5 Å². The van der Waals surface area contributed by atoms with Gasteiger partial charge in [0, 0.05) is 5.56 Å². The monoisotopic (exact) mass is 644 g/mol. The number of hydrogen-bond donors (Lipinski definition) is 2. The minimum absolute atomic E-state index is 0. The van der Waals surface area contributed by atoms with Gasteiger partial charge in [0.1, 0.15) is 25.4 Å². The highest BCUT2D eigenvalue weighted by Gasteiger charge is 2.09. The molecule has 0 saturated heterocycles. The van der Waals surface area contributed by atoms with Crippen LogP contribution in [0.5, 0.6) is 0 Å². The van der Waals surface area contributed by atoms with Crippen LogP contribution in [0.2, 0.25) is 0 Å². The van der Waals surface area contributed by atoms with Crippen LogP contribution < -0.4 is 5.46 Å². The van der Waals surface area contributed by atoms with Crippen LogP contribution in [-0.2, 0) is 0 Å². The molecule has 2 heterocycles. The molecule has 0 amide bonds. The highest BCUT2D eigenvalue weighted by molar-refractivity contribution is 9.11. The normalized spacial score (nSPS) is 9.42. The SMILES string of the molecule is Brc1cnc(Br)cn1.C.Fc1ccc(-c2cnc(Br)cn2)cc1.OB(O)c1ccc(F)cc1. The molecule has 0 unspecified atom stereocenters. The summed E-state index contributed by atoms with van der Waals surface area (Å²) in [5.74, 6) is -0.636. The van der Waals surface area contributed by atoms with Crippen LogP contribution in [0.25, 0.3) is 11.3 Å². The van der Waals surface area contributed by atoms with E-state index >= 15 is 0 Å². The Labute approximate surface area is 215 Å². The second-order valence-electron chi connectivity index (χ2n) is 5.82. The van der Waals surface area contributed by atoms with Gasteiger partial charge in [-0.1, -0.05) is 19.6 Å². The van der Waals surface area contributed by atoms with Gasteiger partial charge in [-0.3, -0.25) is 4.98 Å². The molecule has 0 saturated carbocycles. The highest BCUT2D eigenvalue weighted by atomic mass is 79.9. The predicted octanol–water partition coefficient (Wildman–Crippen LogP) is 5.19. The van der Waals surface area contributed by atoms with Crippen molar-refractivity contribution in [1.29, 1.82) is 0 Å². The lowest BCUT2D eigenvalue weighted by atomic mass is 9.80. The standard InChI is InChI=1S/C10H6BrFN2.C6H6BFO2.C4H2Br2N2.CH4/c11-10-6-13-9(5-14-10)7-1-3-8(12)4-2-7;8-6-3-1-5(2-4-6)7(9)10;5-3-1-7-4(6)2-8-3;/h1-6H;1-4,9-10H;1-2H;1H4. The molecule has 0 bridgehead atoms. The van der Waals surface area contributed by atoms with Crippen LogP contribution in [-0.4, -0.2) is 37.1 Å². The molecule has 2 N–H and O–H groups in total. The van der Waals surface area contributed by atoms with Crippen LogP contribution >= 0.6 is 47.8 Å². The van der Waals surface area contributed by atoms with Crippen LogP contribution in [0.3, 0.4) is 0 Å². The average Bonchev–Trinajstić information content (AvgIpc) is 2.78. The van der Waals surface area contributed by atoms with Gasteiger partial charge in [-0.15, -0.1) is 0 Å². The van der Waals surface area contributed by atoms with Gasteiger partial charge in [-0.2, -0.15) is 0 Å². The Morgan fingerprint density at radius 3 is 1.36 bits per heavy atom. The topological polar surface area (TPSA) is 92.0 Å². The summed E-state index contributed by atoms with van der Waals surface area (Å²) >= 11 is 9.50. The van der Waals surface area contributed by atoms with Crippen LogP contribution in [0.4, 0.5) is 8.78 Å². The molecular formula is C21H18BBr3F2N4O2. The first-order valence-electron chi connectivity index (χ1n) is 8.72. The third-order valence-corrected chi connectivity index (χ3v) is 4.75. The van der Waals surface area contributed by atoms with E-state index in [1.54, 1.807) is 36.9 Å². The van der Waals surface area contributed by atoms with Crippen molar-refractivity contribution >= 4 is 60.4 Å². The number of hydrogen-bond acceptors (Lipinski definition) is 6. The third kappa shape index (κ3) is 11.0. The Morgan fingerprint density at radius 2 is 1.00 bits per heavy atom. The summed E-state index contributed by atoms with van der Waals surface area (Å²) in [4.78, 5) is 16.0. The number of aromatic nitrogens is 4. The van der Waals surface area contributed by atoms with Crippen molar-refractivity contribution in [2.45, 2.75) is 7.43 Å². The molecule has 0 radical (unpaired) electrons. The zero-order valence-electron chi connectivity index (χ0n) is 16.1. The van der Waals surface area contributed by atoms with Crippen molar-refractivity contribution in [2.24, 2.45) is 0 Å². The molecule has 0 aliphatic rings. The minimum Gasteiger partial charge on any atom is -0.423 e. The number of benzene rings is 2. The molecule has 33 heavy (non-hydrogen) atoms. The average molecular weight is 647 g/mol. The van der Waals surface area contributed by atoms with Crippen molar-refractivity contribution in [3.05, 3.63) is 98.8 Å². The fourth-order valence-corrected chi connectivity index (χ4v) is 2.63. The van der Waals surface area contributed by atoms with E-state index in [0.717, 1.165) is 20.5 Å². The van der Waals surface area contributed by atoms with Gasteiger partial charge in [-0.05, 0) is 89.7 Å². The second-order valence-corrected chi connectivity index (χ2v) is 8.26. The molecule has 0 aliphatic carbocycles. The molecule has 2 aromatic carbocycles. The van der Waals surface area contributed by atoms with E-state index in [9.17, 15) is 8.78 Å². The molecule has 0 atom stereocenters. The van der Waals surface area contributed by atoms with Gasteiger partial charge in [-0.25, -0.2) is 23.7 Å². The van der Waals surface area contributed by atoms with Gasteiger partial charge in [0.2, 0.25) is 0 Å². The molecule has 12 heteroatoms. The summed E-state index contributed by atoms with van der Waals surface area (Å²) in [5, 5.41) is 17.1. The molecule has 6 nitrogen and oxygen atoms in total. The molecule has 0 aliphatic heterocycles. The summed E-state index contributed by atoms with van der Waals surface area (Å²) in [7, 11) is -1.51. The van der Waals surface area contributed by atoms with E-state index in [4.69, 9.17) is 10.0 Å². The van der Waals surface area contributed by atoms with Crippen molar-refractivity contribution in [3.63, 3.8) is 0 Å². The summed E-state index contributed by atoms with van der Waals surface area (Å²) in [6, 6.07) is 11.1. The Balaban J connectivity index is 0.000000255. The molecule has 4 aromatic rings. The summed E-state index contributed by atoms with van der Waals surface area (Å²) in [5.41, 5.74) is 1.88. The first-order valence-corrected chi connectivity index (χ1v) is 11.1. The van der Waals surface area contributed by atoms with Crippen molar-refractivity contribution in [1.82, 2.24) is 19.9 Å². The number of nitrogens with zero attached hydrogens (tertiary/aromatic N) is 4. The summed E-state index contributed by atoms with van der Waals surface area (Å²) in [6.45, 7) is 0. The van der Waals surface area contributed by atoms with E-state index in [1.165, 1.54) is 36.4 Å². The zero-order valence-corrected chi connectivity index (χ0v) is 20.8. The molecular weight excluding hydrogens is 629 g/mol. The van der Waals surface area contributed by atoms with E-state index < -0.39 is 7.12 Å². The van der Waals surface area contributed by atoms with Crippen LogP contribution in [0.1, 0.15) is 7.43 Å². The van der Waals surface area contributed by atoms with Crippen molar-refractivity contribution in [2.75, 3.05) is 0 Å². The Bertz CT molecular complexity index is 1030. The van der Waals surface area contributed by atoms with E-state index in [2.05, 4.69) is 67.7 Å². The molecule has 172 valence electrons. The minimum atomic E-state index is -1.51. The van der Waals surface area contributed by atoms with Crippen LogP contribution in [0, 0.1) is 11.6 Å². The lowest BCUT2D eigenvalue weighted by Gasteiger charge is -1.99. The Morgan fingerprint density at radius 1 is 0.606 bits per heavy atom. The zero-order chi connectivity index (χ0) is 23.5. The van der Waals surface area contributed by atoms with Gasteiger partial charge < -0.3 is 10.0 Å². The fraction of sp³-hybridized carbons (Fsp3) is 0.0476. The molecule has 0 fully saturated rings. The number of rotatable bonds is 2. The molecule has 2 aromatic heterocycles. The first kappa shape index (κ1) is 28.9. The molecule has 4 rings (SSSR count). The Hall–Kier alpha value is -2.12. The lowest BCUT2D eigenvalue weighted by Crippen LogP contribution is -2.29. The largest absolute Gasteiger partial charge is 0.488 e. The maximum Gasteiger partial charge on any atom is 0.488 e. The third-order valence-electron chi connectivity index (χ3n) is 3.52. The maximum atomic E-state index is 12.6. The molecule has 0 spiro atoms. The highest BCUT2D eigenvalue weighted by Crippen LogP contribution is 2.17. The Kier molecular flexibility index (Phi) is 13.1. The summed E-state index contributed by atoms with van der Waals surface area (Å²) < 4.78 is 27.0. The van der Waals surface area contributed by atoms with Gasteiger partial charge >= 0.3 is 7.12 Å². The predicted molar refractivity (Wildman–Crippen MR) is 136 cm³/mol. The van der Waals surface area contributed by atoms with Gasteiger partial charge in [0.25, 0.3) is 0 Å². The quantitative estimate of drug-likeness (QED) is 0.292.